The van der Waals surface area contributed by atoms with E-state index in [1.165, 1.54) is 13.0 Å². The Morgan fingerprint density at radius 1 is 1.50 bits per heavy atom. The first-order valence-electron chi connectivity index (χ1n) is 5.83. The van der Waals surface area contributed by atoms with Gasteiger partial charge in [-0.15, -0.1) is 0 Å². The molecule has 1 heterocycles. The van der Waals surface area contributed by atoms with Crippen molar-refractivity contribution >= 4 is 5.78 Å². The highest BCUT2D eigenvalue weighted by atomic mass is 16.1. The van der Waals surface area contributed by atoms with Crippen LogP contribution in [-0.2, 0) is 4.79 Å². The lowest BCUT2D eigenvalue weighted by molar-refractivity contribution is -0.135. The molecule has 2 rings (SSSR count). The summed E-state index contributed by atoms with van der Waals surface area (Å²) in [5.74, 6) is 1.28. The molecular weight excluding hydrogens is 174 g/mol. The minimum atomic E-state index is -0.0613. The van der Waals surface area contributed by atoms with Crippen molar-refractivity contribution in [2.24, 2.45) is 11.3 Å². The summed E-state index contributed by atoms with van der Waals surface area (Å²) >= 11 is 0. The van der Waals surface area contributed by atoms with E-state index in [0.29, 0.717) is 11.8 Å². The van der Waals surface area contributed by atoms with E-state index in [-0.39, 0.29) is 5.41 Å². The number of nitrogens with zero attached hydrogens (tertiary/aromatic N) is 1. The highest BCUT2D eigenvalue weighted by molar-refractivity contribution is 5.86. The molecule has 0 spiro atoms. The summed E-state index contributed by atoms with van der Waals surface area (Å²) in [7, 11) is 2.18. The molecule has 0 aromatic carbocycles. The van der Waals surface area contributed by atoms with E-state index >= 15 is 0 Å². The van der Waals surface area contributed by atoms with Crippen LogP contribution in [0.25, 0.3) is 0 Å². The molecule has 0 aromatic rings. The van der Waals surface area contributed by atoms with Gasteiger partial charge in [0.15, 0.2) is 0 Å². The monoisotopic (exact) mass is 195 g/mol. The highest BCUT2D eigenvalue weighted by Crippen LogP contribution is 2.46. The second kappa shape index (κ2) is 3.34. The summed E-state index contributed by atoms with van der Waals surface area (Å²) in [6.45, 7) is 5.51. The Bertz CT molecular complexity index is 251. The lowest BCUT2D eigenvalue weighted by Gasteiger charge is -2.44. The third-order valence-corrected chi connectivity index (χ3v) is 4.54. The molecule has 1 saturated heterocycles. The molecule has 1 saturated carbocycles. The van der Waals surface area contributed by atoms with Gasteiger partial charge in [0.1, 0.15) is 5.78 Å². The lowest BCUT2D eigenvalue weighted by atomic mass is 9.65. The molecule has 14 heavy (non-hydrogen) atoms. The van der Waals surface area contributed by atoms with Crippen molar-refractivity contribution in [1.82, 2.24) is 4.90 Å². The van der Waals surface area contributed by atoms with Gasteiger partial charge in [-0.3, -0.25) is 4.79 Å². The summed E-state index contributed by atoms with van der Waals surface area (Å²) in [6.07, 6.45) is 4.24. The molecule has 3 atom stereocenters. The number of rotatable bonds is 1. The number of carbonyl (C=O) groups is 1. The average Bonchev–Trinajstić information content (AvgIpc) is 2.55. The number of hydrogen-bond donors (Lipinski definition) is 0. The van der Waals surface area contributed by atoms with Crippen molar-refractivity contribution in [1.29, 1.82) is 0 Å². The van der Waals surface area contributed by atoms with E-state index < -0.39 is 0 Å². The zero-order valence-corrected chi connectivity index (χ0v) is 9.55. The Labute approximate surface area is 86.7 Å². The molecule has 1 aliphatic carbocycles. The van der Waals surface area contributed by atoms with Gasteiger partial charge in [-0.2, -0.15) is 0 Å². The Kier molecular flexibility index (Phi) is 2.42. The van der Waals surface area contributed by atoms with Crippen LogP contribution < -0.4 is 0 Å². The second-order valence-electron chi connectivity index (χ2n) is 5.21. The van der Waals surface area contributed by atoms with Gasteiger partial charge in [-0.1, -0.05) is 13.8 Å². The second-order valence-corrected chi connectivity index (χ2v) is 5.21. The smallest absolute Gasteiger partial charge is 0.140 e. The van der Waals surface area contributed by atoms with Gasteiger partial charge >= 0.3 is 0 Å². The van der Waals surface area contributed by atoms with Crippen molar-refractivity contribution in [3.63, 3.8) is 0 Å². The number of Topliss-reactive ketones (excluding diaryl/α,β-unsaturated/α-hetero) is 1. The maximum absolute atomic E-state index is 12.0. The maximum Gasteiger partial charge on any atom is 0.140 e. The normalized spacial score (nSPS) is 44.1. The van der Waals surface area contributed by atoms with Crippen LogP contribution >= 0.6 is 0 Å². The van der Waals surface area contributed by atoms with Crippen LogP contribution in [0.4, 0.5) is 0 Å². The molecule has 80 valence electrons. The number of carbonyl (C=O) groups excluding carboxylic acids is 1. The first kappa shape index (κ1) is 10.2. The standard InChI is InChI=1S/C12H21NO/c1-4-12(2)10(14)6-5-9-7-8-13(3)11(9)12/h9,11H,4-8H2,1-3H3. The average molecular weight is 195 g/mol. The van der Waals surface area contributed by atoms with Gasteiger partial charge < -0.3 is 4.90 Å². The fraction of sp³-hybridized carbons (Fsp3) is 0.917. The molecule has 0 radical (unpaired) electrons. The van der Waals surface area contributed by atoms with Gasteiger partial charge in [0, 0.05) is 17.9 Å². The number of ketones is 1. The molecule has 2 aliphatic rings. The molecule has 0 amide bonds. The van der Waals surface area contributed by atoms with Crippen molar-refractivity contribution < 1.29 is 4.79 Å². The predicted octanol–water partition coefficient (Wildman–Crippen LogP) is 2.09. The summed E-state index contributed by atoms with van der Waals surface area (Å²) in [6, 6.07) is 0.522. The van der Waals surface area contributed by atoms with E-state index in [9.17, 15) is 4.79 Å². The van der Waals surface area contributed by atoms with E-state index in [0.717, 1.165) is 25.2 Å². The van der Waals surface area contributed by atoms with Crippen LogP contribution in [0, 0.1) is 11.3 Å². The molecule has 0 N–H and O–H groups in total. The first-order chi connectivity index (χ1) is 6.59. The summed E-state index contributed by atoms with van der Waals surface area (Å²) in [5, 5.41) is 0. The fourth-order valence-electron chi connectivity index (χ4n) is 3.51. The van der Waals surface area contributed by atoms with Gasteiger partial charge in [0.2, 0.25) is 0 Å². The van der Waals surface area contributed by atoms with Crippen molar-refractivity contribution in [2.75, 3.05) is 13.6 Å². The molecule has 2 heteroatoms. The fourth-order valence-corrected chi connectivity index (χ4v) is 3.51. The molecule has 0 bridgehead atoms. The molecule has 1 aliphatic heterocycles. The van der Waals surface area contributed by atoms with Crippen LogP contribution in [0.3, 0.4) is 0 Å². The van der Waals surface area contributed by atoms with E-state index in [4.69, 9.17) is 0 Å². The van der Waals surface area contributed by atoms with E-state index in [2.05, 4.69) is 25.8 Å². The minimum absolute atomic E-state index is 0.0613. The van der Waals surface area contributed by atoms with Gasteiger partial charge in [-0.25, -0.2) is 0 Å². The van der Waals surface area contributed by atoms with Crippen molar-refractivity contribution in [3.8, 4) is 0 Å². The maximum atomic E-state index is 12.0. The Morgan fingerprint density at radius 3 is 2.86 bits per heavy atom. The van der Waals surface area contributed by atoms with Gasteiger partial charge in [0.05, 0.1) is 0 Å². The van der Waals surface area contributed by atoms with Gasteiger partial charge in [0.25, 0.3) is 0 Å². The Hall–Kier alpha value is -0.370. The molecule has 0 aromatic heterocycles. The molecule has 2 fully saturated rings. The summed E-state index contributed by atoms with van der Waals surface area (Å²) in [5.41, 5.74) is -0.0613. The van der Waals surface area contributed by atoms with E-state index in [1.807, 2.05) is 0 Å². The van der Waals surface area contributed by atoms with Crippen LogP contribution in [0.5, 0.6) is 0 Å². The quantitative estimate of drug-likeness (QED) is 0.638. The topological polar surface area (TPSA) is 20.3 Å². The SMILES string of the molecule is CCC1(C)C(=O)CCC2CCN(C)C21. The zero-order valence-electron chi connectivity index (χ0n) is 9.55. The van der Waals surface area contributed by atoms with Crippen LogP contribution in [0.1, 0.15) is 39.5 Å². The van der Waals surface area contributed by atoms with Crippen molar-refractivity contribution in [3.05, 3.63) is 0 Å². The van der Waals surface area contributed by atoms with Crippen LogP contribution in [0.2, 0.25) is 0 Å². The summed E-state index contributed by atoms with van der Waals surface area (Å²) in [4.78, 5) is 14.4. The highest BCUT2D eigenvalue weighted by Gasteiger charge is 2.50. The lowest BCUT2D eigenvalue weighted by Crippen LogP contribution is -2.51. The molecular formula is C12H21NO. The summed E-state index contributed by atoms with van der Waals surface area (Å²) < 4.78 is 0. The Morgan fingerprint density at radius 2 is 2.21 bits per heavy atom. The number of hydrogen-bond acceptors (Lipinski definition) is 2. The van der Waals surface area contributed by atoms with Crippen LogP contribution in [0.15, 0.2) is 0 Å². The predicted molar refractivity (Wildman–Crippen MR) is 57.2 cm³/mol. The molecule has 3 unspecified atom stereocenters. The number of fused-ring (bicyclic) bond motifs is 1. The Balaban J connectivity index is 2.30. The largest absolute Gasteiger partial charge is 0.302 e. The third-order valence-electron chi connectivity index (χ3n) is 4.54. The van der Waals surface area contributed by atoms with Crippen LogP contribution in [-0.4, -0.2) is 30.3 Å². The third kappa shape index (κ3) is 1.23. The van der Waals surface area contributed by atoms with E-state index in [1.54, 1.807) is 0 Å². The zero-order chi connectivity index (χ0) is 10.3. The first-order valence-corrected chi connectivity index (χ1v) is 5.83. The molecule has 2 nitrogen and oxygen atoms in total. The van der Waals surface area contributed by atoms with Gasteiger partial charge in [-0.05, 0) is 38.8 Å². The van der Waals surface area contributed by atoms with Crippen molar-refractivity contribution in [2.45, 2.75) is 45.6 Å². The number of likely N-dealkylation sites (tertiary alicyclic amines) is 1. The minimum Gasteiger partial charge on any atom is -0.302 e.